The summed E-state index contributed by atoms with van der Waals surface area (Å²) in [5.41, 5.74) is 0.499. The first-order chi connectivity index (χ1) is 7.54. The van der Waals surface area contributed by atoms with Crippen LogP contribution in [0.4, 0.5) is 10.1 Å². The van der Waals surface area contributed by atoms with Crippen LogP contribution in [-0.4, -0.2) is 19.5 Å². The number of halogens is 2. The van der Waals surface area contributed by atoms with Crippen molar-refractivity contribution >= 4 is 23.2 Å². The van der Waals surface area contributed by atoms with Crippen LogP contribution in [0.15, 0.2) is 18.2 Å². The predicted molar refractivity (Wildman–Crippen MR) is 63.1 cm³/mol. The highest BCUT2D eigenvalue weighted by molar-refractivity contribution is 6.31. The monoisotopic (exact) mass is 244 g/mol. The normalized spacial score (nSPS) is 12.2. The van der Waals surface area contributed by atoms with Gasteiger partial charge in [-0.3, -0.25) is 4.79 Å². The summed E-state index contributed by atoms with van der Waals surface area (Å²) >= 11 is 5.60. The lowest BCUT2D eigenvalue weighted by atomic mass is 10.1. The van der Waals surface area contributed by atoms with Gasteiger partial charge in [-0.05, 0) is 25.2 Å². The van der Waals surface area contributed by atoms with Crippen LogP contribution >= 0.6 is 11.6 Å². The molecule has 0 aromatic heterocycles. The van der Waals surface area contributed by atoms with E-state index < -0.39 is 5.82 Å². The molecule has 0 aliphatic rings. The summed E-state index contributed by atoms with van der Waals surface area (Å²) in [5.74, 6) is -0.784. The van der Waals surface area contributed by atoms with Gasteiger partial charge in [0, 0.05) is 18.2 Å². The molecule has 0 bridgehead atoms. The van der Waals surface area contributed by atoms with Gasteiger partial charge in [-0.1, -0.05) is 18.5 Å². The van der Waals surface area contributed by atoms with Crippen molar-refractivity contribution in [1.29, 1.82) is 0 Å². The molecule has 0 fully saturated rings. The smallest absolute Gasteiger partial charge is 0.228 e. The molecule has 0 radical (unpaired) electrons. The van der Waals surface area contributed by atoms with E-state index in [1.54, 1.807) is 14.0 Å². The van der Waals surface area contributed by atoms with Crippen LogP contribution in [-0.2, 0) is 4.79 Å². The fraction of sp³-hybridized carbons (Fsp3) is 0.364. The van der Waals surface area contributed by atoms with Gasteiger partial charge in [0.05, 0.1) is 5.02 Å². The van der Waals surface area contributed by atoms with E-state index in [0.29, 0.717) is 12.2 Å². The number of carbonyl (C=O) groups excluding carboxylic acids is 1. The van der Waals surface area contributed by atoms with Crippen molar-refractivity contribution in [2.75, 3.05) is 18.9 Å². The minimum atomic E-state index is -0.497. The third kappa shape index (κ3) is 3.47. The van der Waals surface area contributed by atoms with Crippen LogP contribution in [0.2, 0.25) is 5.02 Å². The Morgan fingerprint density at radius 3 is 2.81 bits per heavy atom. The largest absolute Gasteiger partial charge is 0.326 e. The second-order valence-electron chi connectivity index (χ2n) is 3.58. The van der Waals surface area contributed by atoms with Gasteiger partial charge in [-0.2, -0.15) is 0 Å². The molecular weight excluding hydrogens is 231 g/mol. The van der Waals surface area contributed by atoms with Crippen molar-refractivity contribution in [3.63, 3.8) is 0 Å². The first-order valence-corrected chi connectivity index (χ1v) is 5.33. The number of amides is 1. The summed E-state index contributed by atoms with van der Waals surface area (Å²) < 4.78 is 12.9. The van der Waals surface area contributed by atoms with Crippen molar-refractivity contribution in [2.45, 2.75) is 6.92 Å². The van der Waals surface area contributed by atoms with Gasteiger partial charge in [0.1, 0.15) is 5.82 Å². The van der Waals surface area contributed by atoms with Crippen LogP contribution in [0.1, 0.15) is 6.92 Å². The summed E-state index contributed by atoms with van der Waals surface area (Å²) in [6.07, 6.45) is 0. The zero-order valence-electron chi connectivity index (χ0n) is 9.18. The van der Waals surface area contributed by atoms with Gasteiger partial charge in [0.15, 0.2) is 0 Å². The van der Waals surface area contributed by atoms with Crippen molar-refractivity contribution in [2.24, 2.45) is 5.92 Å². The topological polar surface area (TPSA) is 41.1 Å². The van der Waals surface area contributed by atoms with Gasteiger partial charge in [0.2, 0.25) is 5.91 Å². The Kier molecular flexibility index (Phi) is 4.71. The number of rotatable bonds is 4. The summed E-state index contributed by atoms with van der Waals surface area (Å²) in [6, 6.07) is 4.09. The summed E-state index contributed by atoms with van der Waals surface area (Å²) in [4.78, 5) is 11.6. The highest BCUT2D eigenvalue weighted by Crippen LogP contribution is 2.19. The molecule has 88 valence electrons. The molecule has 1 rings (SSSR count). The molecule has 3 nitrogen and oxygen atoms in total. The summed E-state index contributed by atoms with van der Waals surface area (Å²) in [5, 5.41) is 5.57. The lowest BCUT2D eigenvalue weighted by Gasteiger charge is -2.11. The molecule has 0 spiro atoms. The molecule has 5 heteroatoms. The Bertz CT molecular complexity index is 384. The number of nitrogens with one attached hydrogen (secondary N) is 2. The fourth-order valence-corrected chi connectivity index (χ4v) is 1.42. The van der Waals surface area contributed by atoms with Crippen molar-refractivity contribution in [3.05, 3.63) is 29.0 Å². The van der Waals surface area contributed by atoms with Gasteiger partial charge in [-0.15, -0.1) is 0 Å². The Balaban J connectivity index is 2.66. The molecule has 0 aliphatic carbocycles. The number of hydrogen-bond donors (Lipinski definition) is 2. The van der Waals surface area contributed by atoms with E-state index in [1.165, 1.54) is 18.2 Å². The number of anilines is 1. The van der Waals surface area contributed by atoms with Gasteiger partial charge in [0.25, 0.3) is 0 Å². The third-order valence-electron chi connectivity index (χ3n) is 2.15. The number of benzene rings is 1. The number of hydrogen-bond acceptors (Lipinski definition) is 2. The van der Waals surface area contributed by atoms with Crippen LogP contribution in [0.5, 0.6) is 0 Å². The van der Waals surface area contributed by atoms with E-state index in [-0.39, 0.29) is 16.8 Å². The molecule has 0 heterocycles. The highest BCUT2D eigenvalue weighted by Gasteiger charge is 2.12. The second kappa shape index (κ2) is 5.82. The van der Waals surface area contributed by atoms with E-state index in [0.717, 1.165) is 0 Å². The Hall–Kier alpha value is -1.13. The first kappa shape index (κ1) is 12.9. The van der Waals surface area contributed by atoms with E-state index in [1.807, 2.05) is 0 Å². The molecule has 16 heavy (non-hydrogen) atoms. The van der Waals surface area contributed by atoms with Crippen molar-refractivity contribution in [1.82, 2.24) is 5.32 Å². The molecule has 2 N–H and O–H groups in total. The van der Waals surface area contributed by atoms with E-state index in [9.17, 15) is 9.18 Å². The third-order valence-corrected chi connectivity index (χ3v) is 2.43. The van der Waals surface area contributed by atoms with Crippen LogP contribution in [0, 0.1) is 11.7 Å². The second-order valence-corrected chi connectivity index (χ2v) is 3.98. The molecule has 1 unspecified atom stereocenters. The molecule has 0 aliphatic heterocycles. The zero-order chi connectivity index (χ0) is 12.1. The molecule has 1 atom stereocenters. The van der Waals surface area contributed by atoms with Crippen LogP contribution in [0.25, 0.3) is 0 Å². The molecule has 1 aromatic rings. The lowest BCUT2D eigenvalue weighted by Crippen LogP contribution is -2.28. The summed E-state index contributed by atoms with van der Waals surface area (Å²) in [7, 11) is 1.78. The molecular formula is C11H14ClFN2O. The molecule has 1 amide bonds. The van der Waals surface area contributed by atoms with E-state index >= 15 is 0 Å². The quantitative estimate of drug-likeness (QED) is 0.853. The minimum Gasteiger partial charge on any atom is -0.326 e. The van der Waals surface area contributed by atoms with E-state index in [2.05, 4.69) is 10.6 Å². The van der Waals surface area contributed by atoms with E-state index in [4.69, 9.17) is 11.6 Å². The summed E-state index contributed by atoms with van der Waals surface area (Å²) in [6.45, 7) is 2.39. The van der Waals surface area contributed by atoms with Crippen molar-refractivity contribution in [3.8, 4) is 0 Å². The average molecular weight is 245 g/mol. The Morgan fingerprint density at radius 1 is 1.56 bits per heavy atom. The fourth-order valence-electron chi connectivity index (χ4n) is 1.24. The Morgan fingerprint density at radius 2 is 2.25 bits per heavy atom. The molecule has 0 saturated carbocycles. The zero-order valence-corrected chi connectivity index (χ0v) is 9.94. The van der Waals surface area contributed by atoms with Gasteiger partial charge < -0.3 is 10.6 Å². The average Bonchev–Trinajstić information content (AvgIpc) is 2.24. The SMILES string of the molecule is CNCC(C)C(=O)Nc1ccc(F)c(Cl)c1. The minimum absolute atomic E-state index is 0.000861. The predicted octanol–water partition coefficient (Wildman–Crippen LogP) is 2.27. The highest BCUT2D eigenvalue weighted by atomic mass is 35.5. The maximum Gasteiger partial charge on any atom is 0.228 e. The molecule has 0 saturated heterocycles. The first-order valence-electron chi connectivity index (χ1n) is 4.95. The maximum atomic E-state index is 12.9. The molecule has 1 aromatic carbocycles. The van der Waals surface area contributed by atoms with Crippen LogP contribution in [0.3, 0.4) is 0 Å². The van der Waals surface area contributed by atoms with Gasteiger partial charge in [-0.25, -0.2) is 4.39 Å². The number of carbonyl (C=O) groups is 1. The lowest BCUT2D eigenvalue weighted by molar-refractivity contribution is -0.119. The standard InChI is InChI=1S/C11H14ClFN2O/c1-7(6-14-2)11(16)15-8-3-4-10(13)9(12)5-8/h3-5,7,14H,6H2,1-2H3,(H,15,16). The van der Waals surface area contributed by atoms with Crippen LogP contribution < -0.4 is 10.6 Å². The maximum absolute atomic E-state index is 12.9. The Labute approximate surface area is 99.0 Å². The van der Waals surface area contributed by atoms with Crippen molar-refractivity contribution < 1.29 is 9.18 Å². The van der Waals surface area contributed by atoms with Gasteiger partial charge >= 0.3 is 0 Å².